The molecule has 19 heavy (non-hydrogen) atoms. The molecule has 1 unspecified atom stereocenters. The van der Waals surface area contributed by atoms with Gasteiger partial charge in [0.05, 0.1) is 15.2 Å². The van der Waals surface area contributed by atoms with E-state index in [-0.39, 0.29) is 0 Å². The maximum absolute atomic E-state index is 4.77. The molecule has 0 aliphatic heterocycles. The zero-order valence-electron chi connectivity index (χ0n) is 11.4. The van der Waals surface area contributed by atoms with Crippen LogP contribution in [0.15, 0.2) is 24.3 Å². The second-order valence-corrected chi connectivity index (χ2v) is 8.18. The van der Waals surface area contributed by atoms with Crippen LogP contribution in [0.4, 0.5) is 0 Å². The molecule has 0 N–H and O–H groups in total. The predicted molar refractivity (Wildman–Crippen MR) is 87.2 cm³/mol. The summed E-state index contributed by atoms with van der Waals surface area (Å²) >= 11 is 5.80. The standard InChI is InChI=1S/C16H20BrNS/c1-16(9-5-2-6-10-16)14(17)11-15-18-12-7-3-4-8-13(12)19-15/h3-4,7-8,14H,2,5-6,9-11H2,1H3. The lowest BCUT2D eigenvalue weighted by Gasteiger charge is -2.37. The molecular formula is C16H20BrNS. The quantitative estimate of drug-likeness (QED) is 0.667. The van der Waals surface area contributed by atoms with E-state index in [4.69, 9.17) is 4.98 Å². The lowest BCUT2D eigenvalue weighted by molar-refractivity contribution is 0.211. The molecule has 1 nitrogen and oxygen atoms in total. The number of nitrogens with zero attached hydrogens (tertiary/aromatic N) is 1. The topological polar surface area (TPSA) is 12.9 Å². The summed E-state index contributed by atoms with van der Waals surface area (Å²) in [4.78, 5) is 5.32. The molecule has 0 spiro atoms. The third-order valence-corrected chi connectivity index (χ3v) is 6.93. The van der Waals surface area contributed by atoms with E-state index in [0.29, 0.717) is 10.2 Å². The summed E-state index contributed by atoms with van der Waals surface area (Å²) in [6.45, 7) is 2.44. The average Bonchev–Trinajstić information content (AvgIpc) is 2.81. The highest BCUT2D eigenvalue weighted by Gasteiger charge is 2.34. The number of rotatable bonds is 3. The molecule has 3 heteroatoms. The van der Waals surface area contributed by atoms with Crippen molar-refractivity contribution in [2.45, 2.75) is 50.3 Å². The number of thiazole rings is 1. The van der Waals surface area contributed by atoms with Crippen molar-refractivity contribution in [2.75, 3.05) is 0 Å². The Hall–Kier alpha value is -0.410. The minimum atomic E-state index is 0.454. The van der Waals surface area contributed by atoms with Crippen molar-refractivity contribution in [1.82, 2.24) is 4.98 Å². The molecule has 0 saturated heterocycles. The van der Waals surface area contributed by atoms with Crippen molar-refractivity contribution in [3.05, 3.63) is 29.3 Å². The highest BCUT2D eigenvalue weighted by Crippen LogP contribution is 2.43. The fourth-order valence-corrected chi connectivity index (χ4v) is 5.07. The van der Waals surface area contributed by atoms with Gasteiger partial charge in [0.15, 0.2) is 0 Å². The Morgan fingerprint density at radius 2 is 2.00 bits per heavy atom. The molecule has 1 aliphatic carbocycles. The number of alkyl halides is 1. The van der Waals surface area contributed by atoms with Crippen molar-refractivity contribution in [1.29, 1.82) is 0 Å². The first-order valence-electron chi connectivity index (χ1n) is 7.16. The Morgan fingerprint density at radius 1 is 1.26 bits per heavy atom. The zero-order chi connectivity index (χ0) is 13.3. The van der Waals surface area contributed by atoms with Gasteiger partial charge in [0.25, 0.3) is 0 Å². The molecule has 1 atom stereocenters. The van der Waals surface area contributed by atoms with Crippen molar-refractivity contribution >= 4 is 37.5 Å². The molecule has 0 amide bonds. The van der Waals surface area contributed by atoms with Crippen molar-refractivity contribution < 1.29 is 0 Å². The molecule has 1 aromatic heterocycles. The average molecular weight is 338 g/mol. The summed E-state index contributed by atoms with van der Waals surface area (Å²) in [5, 5.41) is 1.27. The van der Waals surface area contributed by atoms with E-state index in [1.807, 2.05) is 11.3 Å². The molecule has 1 heterocycles. The molecule has 102 valence electrons. The number of hydrogen-bond acceptors (Lipinski definition) is 2. The van der Waals surface area contributed by atoms with Crippen LogP contribution in [0, 0.1) is 5.41 Å². The lowest BCUT2D eigenvalue weighted by atomic mass is 9.73. The van der Waals surface area contributed by atoms with Crippen LogP contribution in [0.2, 0.25) is 0 Å². The van der Waals surface area contributed by atoms with Crippen LogP contribution in [0.5, 0.6) is 0 Å². The van der Waals surface area contributed by atoms with E-state index in [0.717, 1.165) is 11.9 Å². The van der Waals surface area contributed by atoms with Crippen LogP contribution < -0.4 is 0 Å². The maximum Gasteiger partial charge on any atom is 0.0949 e. The fraction of sp³-hybridized carbons (Fsp3) is 0.562. The van der Waals surface area contributed by atoms with E-state index < -0.39 is 0 Å². The molecule has 1 saturated carbocycles. The fourth-order valence-electron chi connectivity index (χ4n) is 3.08. The Balaban J connectivity index is 1.76. The van der Waals surface area contributed by atoms with Crippen LogP contribution in [0.25, 0.3) is 10.2 Å². The highest BCUT2D eigenvalue weighted by atomic mass is 79.9. The van der Waals surface area contributed by atoms with Crippen LogP contribution in [0.1, 0.15) is 44.0 Å². The summed E-state index contributed by atoms with van der Waals surface area (Å²) in [5.41, 5.74) is 1.60. The Labute approximate surface area is 127 Å². The van der Waals surface area contributed by atoms with Gasteiger partial charge in [-0.3, -0.25) is 0 Å². The molecule has 0 bridgehead atoms. The summed E-state index contributed by atoms with van der Waals surface area (Å²) in [5.74, 6) is 0. The van der Waals surface area contributed by atoms with Gasteiger partial charge in [0.1, 0.15) is 0 Å². The van der Waals surface area contributed by atoms with Gasteiger partial charge >= 0.3 is 0 Å². The van der Waals surface area contributed by atoms with Gasteiger partial charge in [-0.1, -0.05) is 54.2 Å². The lowest BCUT2D eigenvalue weighted by Crippen LogP contribution is -2.31. The molecule has 1 fully saturated rings. The van der Waals surface area contributed by atoms with Crippen molar-refractivity contribution in [3.8, 4) is 0 Å². The zero-order valence-corrected chi connectivity index (χ0v) is 13.8. The van der Waals surface area contributed by atoms with Gasteiger partial charge in [-0.2, -0.15) is 0 Å². The Bertz CT molecular complexity index is 524. The number of fused-ring (bicyclic) bond motifs is 1. The van der Waals surface area contributed by atoms with E-state index in [9.17, 15) is 0 Å². The highest BCUT2D eigenvalue weighted by molar-refractivity contribution is 9.09. The van der Waals surface area contributed by atoms with Gasteiger partial charge in [-0.05, 0) is 30.4 Å². The first kappa shape index (κ1) is 13.6. The third kappa shape index (κ3) is 2.87. The van der Waals surface area contributed by atoms with Crippen LogP contribution in [-0.2, 0) is 6.42 Å². The van der Waals surface area contributed by atoms with E-state index >= 15 is 0 Å². The Kier molecular flexibility index (Phi) is 3.95. The smallest absolute Gasteiger partial charge is 0.0949 e. The van der Waals surface area contributed by atoms with Gasteiger partial charge in [-0.15, -0.1) is 11.3 Å². The molecule has 2 aromatic rings. The number of aromatic nitrogens is 1. The summed E-state index contributed by atoms with van der Waals surface area (Å²) in [6.07, 6.45) is 7.96. The number of para-hydroxylation sites is 1. The summed E-state index contributed by atoms with van der Waals surface area (Å²) in [6, 6.07) is 8.45. The largest absolute Gasteiger partial charge is 0.241 e. The van der Waals surface area contributed by atoms with E-state index in [2.05, 4.69) is 47.1 Å². The van der Waals surface area contributed by atoms with Gasteiger partial charge in [0.2, 0.25) is 0 Å². The van der Waals surface area contributed by atoms with Crippen LogP contribution in [0.3, 0.4) is 0 Å². The van der Waals surface area contributed by atoms with Crippen molar-refractivity contribution in [3.63, 3.8) is 0 Å². The maximum atomic E-state index is 4.77. The van der Waals surface area contributed by atoms with Crippen LogP contribution in [-0.4, -0.2) is 9.81 Å². The van der Waals surface area contributed by atoms with Crippen LogP contribution >= 0.6 is 27.3 Å². The molecule has 1 aliphatic rings. The first-order valence-corrected chi connectivity index (χ1v) is 8.89. The van der Waals surface area contributed by atoms with Gasteiger partial charge in [-0.25, -0.2) is 4.98 Å². The summed E-state index contributed by atoms with van der Waals surface area (Å²) < 4.78 is 1.31. The summed E-state index contributed by atoms with van der Waals surface area (Å²) in [7, 11) is 0. The third-order valence-electron chi connectivity index (χ3n) is 4.44. The second kappa shape index (κ2) is 5.53. The Morgan fingerprint density at radius 3 is 2.74 bits per heavy atom. The monoisotopic (exact) mass is 337 g/mol. The number of halogens is 1. The number of benzene rings is 1. The molecule has 0 radical (unpaired) electrons. The second-order valence-electron chi connectivity index (χ2n) is 5.96. The predicted octanol–water partition coefficient (Wildman–Crippen LogP) is 5.57. The number of hydrogen-bond donors (Lipinski definition) is 0. The first-order chi connectivity index (χ1) is 9.17. The molecule has 1 aromatic carbocycles. The van der Waals surface area contributed by atoms with E-state index in [1.165, 1.54) is 41.8 Å². The van der Waals surface area contributed by atoms with Gasteiger partial charge < -0.3 is 0 Å². The molecular weight excluding hydrogens is 318 g/mol. The SMILES string of the molecule is CC1(C(Br)Cc2nc3ccccc3s2)CCCCC1. The minimum Gasteiger partial charge on any atom is -0.241 e. The van der Waals surface area contributed by atoms with Gasteiger partial charge in [0, 0.05) is 11.2 Å². The van der Waals surface area contributed by atoms with E-state index in [1.54, 1.807) is 0 Å². The van der Waals surface area contributed by atoms with Crippen molar-refractivity contribution in [2.24, 2.45) is 5.41 Å². The normalized spacial score (nSPS) is 20.5. The minimum absolute atomic E-state index is 0.454. The molecule has 3 rings (SSSR count).